The van der Waals surface area contributed by atoms with Gasteiger partial charge in [0.2, 0.25) is 0 Å². The number of hydrogen-bond acceptors (Lipinski definition) is 3. The van der Waals surface area contributed by atoms with E-state index in [4.69, 9.17) is 10.4 Å². The van der Waals surface area contributed by atoms with Gasteiger partial charge in [-0.3, -0.25) is 9.48 Å². The second-order valence-corrected chi connectivity index (χ2v) is 8.04. The van der Waals surface area contributed by atoms with Gasteiger partial charge in [0.15, 0.2) is 5.78 Å². The Balaban J connectivity index is 1.79. The number of ketones is 1. The van der Waals surface area contributed by atoms with E-state index in [1.807, 2.05) is 28.9 Å². The first-order valence-electron chi connectivity index (χ1n) is 9.74. The maximum Gasteiger partial charge on any atom is 0.181 e. The van der Waals surface area contributed by atoms with E-state index in [9.17, 15) is 4.79 Å². The highest BCUT2D eigenvalue weighted by molar-refractivity contribution is 5.98. The number of nitrogens with zero attached hydrogens (tertiary/aromatic N) is 3. The Morgan fingerprint density at radius 3 is 2.42 bits per heavy atom. The molecule has 0 unspecified atom stereocenters. The smallest absolute Gasteiger partial charge is 0.181 e. The molecule has 0 N–H and O–H groups in total. The highest BCUT2D eigenvalue weighted by Gasteiger charge is 2.36. The van der Waals surface area contributed by atoms with Gasteiger partial charge in [-0.1, -0.05) is 31.4 Å². The lowest BCUT2D eigenvalue weighted by molar-refractivity contribution is 0.0923. The van der Waals surface area contributed by atoms with Crippen molar-refractivity contribution in [2.45, 2.75) is 64.3 Å². The zero-order chi connectivity index (χ0) is 18.3. The molecule has 4 heteroatoms. The van der Waals surface area contributed by atoms with Gasteiger partial charge in [-0.15, -0.1) is 0 Å². The van der Waals surface area contributed by atoms with Gasteiger partial charge in [-0.2, -0.15) is 10.4 Å². The van der Waals surface area contributed by atoms with E-state index >= 15 is 0 Å². The van der Waals surface area contributed by atoms with Crippen molar-refractivity contribution < 1.29 is 4.79 Å². The minimum absolute atomic E-state index is 0.153. The van der Waals surface area contributed by atoms with Crippen molar-refractivity contribution >= 4 is 5.78 Å². The number of carbonyl (C=O) groups excluding carboxylic acids is 1. The van der Waals surface area contributed by atoms with E-state index in [2.05, 4.69) is 19.9 Å². The first kappa shape index (κ1) is 17.0. The molecule has 1 aromatic heterocycles. The molecule has 4 rings (SSSR count). The van der Waals surface area contributed by atoms with Crippen LogP contribution in [-0.4, -0.2) is 15.6 Å². The third-order valence-electron chi connectivity index (χ3n) is 5.67. The Morgan fingerprint density at radius 1 is 1.23 bits per heavy atom. The molecule has 26 heavy (non-hydrogen) atoms. The molecule has 0 atom stereocenters. The van der Waals surface area contributed by atoms with Crippen LogP contribution in [0.5, 0.6) is 0 Å². The number of benzene rings is 1. The average molecular weight is 347 g/mol. The molecule has 0 aliphatic heterocycles. The molecule has 4 nitrogen and oxygen atoms in total. The lowest BCUT2D eigenvalue weighted by Gasteiger charge is -2.25. The maximum absolute atomic E-state index is 13.2. The van der Waals surface area contributed by atoms with Crippen LogP contribution in [0.4, 0.5) is 0 Å². The Hall–Kier alpha value is -2.41. The fourth-order valence-electron chi connectivity index (χ4n) is 3.83. The molecular weight excluding hydrogens is 322 g/mol. The highest BCUT2D eigenvalue weighted by Crippen LogP contribution is 2.47. The summed E-state index contributed by atoms with van der Waals surface area (Å²) in [7, 11) is 0. The summed E-state index contributed by atoms with van der Waals surface area (Å²) in [6.45, 7) is 4.18. The standard InChI is InChI=1S/C22H25N3O/c1-14(2)25-22(19(26)12-15-4-3-5-15)20(17-10-11-17)21(24-25)18-8-6-16(13-23)7-9-18/h6-9,14-15,17H,3-5,10-12H2,1-2H3. The SMILES string of the molecule is CC(C)n1nc(-c2ccc(C#N)cc2)c(C2CC2)c1C(=O)CC1CCC1. The van der Waals surface area contributed by atoms with Crippen molar-refractivity contribution in [3.8, 4) is 17.3 Å². The second kappa shape index (κ2) is 6.72. The monoisotopic (exact) mass is 347 g/mol. The van der Waals surface area contributed by atoms with Crippen LogP contribution in [0.1, 0.15) is 85.9 Å². The van der Waals surface area contributed by atoms with Gasteiger partial charge in [0.05, 0.1) is 17.3 Å². The number of carbonyl (C=O) groups is 1. The number of nitriles is 1. The predicted octanol–water partition coefficient (Wildman–Crippen LogP) is 5.25. The number of aromatic nitrogens is 2. The third-order valence-corrected chi connectivity index (χ3v) is 5.67. The van der Waals surface area contributed by atoms with E-state index in [0.29, 0.717) is 23.8 Å². The van der Waals surface area contributed by atoms with Crippen molar-refractivity contribution in [2.75, 3.05) is 0 Å². The molecule has 0 radical (unpaired) electrons. The summed E-state index contributed by atoms with van der Waals surface area (Å²) in [5.41, 5.74) is 4.57. The largest absolute Gasteiger partial charge is 0.292 e. The number of rotatable bonds is 6. The van der Waals surface area contributed by atoms with Crippen molar-refractivity contribution in [1.82, 2.24) is 9.78 Å². The van der Waals surface area contributed by atoms with Crippen molar-refractivity contribution in [2.24, 2.45) is 5.92 Å². The predicted molar refractivity (Wildman–Crippen MR) is 101 cm³/mol. The van der Waals surface area contributed by atoms with Gasteiger partial charge in [0, 0.05) is 23.6 Å². The molecule has 2 aromatic rings. The van der Waals surface area contributed by atoms with Gasteiger partial charge < -0.3 is 0 Å². The number of hydrogen-bond donors (Lipinski definition) is 0. The molecule has 2 aliphatic carbocycles. The third kappa shape index (κ3) is 3.07. The average Bonchev–Trinajstić information content (AvgIpc) is 3.36. The zero-order valence-corrected chi connectivity index (χ0v) is 15.5. The fourth-order valence-corrected chi connectivity index (χ4v) is 3.83. The van der Waals surface area contributed by atoms with Crippen molar-refractivity contribution in [3.63, 3.8) is 0 Å². The second-order valence-electron chi connectivity index (χ2n) is 8.04. The zero-order valence-electron chi connectivity index (χ0n) is 15.5. The molecule has 0 saturated heterocycles. The van der Waals surface area contributed by atoms with Crippen LogP contribution in [-0.2, 0) is 0 Å². The Morgan fingerprint density at radius 2 is 1.92 bits per heavy atom. The van der Waals surface area contributed by atoms with Crippen LogP contribution >= 0.6 is 0 Å². The van der Waals surface area contributed by atoms with Crippen LogP contribution in [0.25, 0.3) is 11.3 Å². The van der Waals surface area contributed by atoms with Crippen LogP contribution in [0, 0.1) is 17.2 Å². The molecule has 2 saturated carbocycles. The molecule has 0 spiro atoms. The molecule has 1 heterocycles. The molecular formula is C22H25N3O. The summed E-state index contributed by atoms with van der Waals surface area (Å²) >= 11 is 0. The molecule has 0 bridgehead atoms. The minimum atomic E-state index is 0.153. The molecule has 2 aliphatic rings. The van der Waals surface area contributed by atoms with Gasteiger partial charge >= 0.3 is 0 Å². The lowest BCUT2D eigenvalue weighted by Crippen LogP contribution is -2.20. The van der Waals surface area contributed by atoms with Crippen LogP contribution < -0.4 is 0 Å². The van der Waals surface area contributed by atoms with E-state index in [0.717, 1.165) is 35.4 Å². The van der Waals surface area contributed by atoms with Crippen molar-refractivity contribution in [3.05, 3.63) is 41.1 Å². The van der Waals surface area contributed by atoms with Gasteiger partial charge in [-0.25, -0.2) is 0 Å². The van der Waals surface area contributed by atoms with Crippen LogP contribution in [0.3, 0.4) is 0 Å². The Kier molecular flexibility index (Phi) is 4.40. The summed E-state index contributed by atoms with van der Waals surface area (Å²) in [6, 6.07) is 9.89. The summed E-state index contributed by atoms with van der Waals surface area (Å²) in [5, 5.41) is 13.9. The molecule has 134 valence electrons. The van der Waals surface area contributed by atoms with E-state index < -0.39 is 0 Å². The quantitative estimate of drug-likeness (QED) is 0.670. The lowest BCUT2D eigenvalue weighted by atomic mass is 9.81. The minimum Gasteiger partial charge on any atom is -0.292 e. The Labute approximate surface area is 154 Å². The summed E-state index contributed by atoms with van der Waals surface area (Å²) in [6.07, 6.45) is 6.55. The first-order valence-corrected chi connectivity index (χ1v) is 9.74. The van der Waals surface area contributed by atoms with E-state index in [1.165, 1.54) is 19.3 Å². The van der Waals surface area contributed by atoms with Gasteiger partial charge in [0.1, 0.15) is 5.69 Å². The summed E-state index contributed by atoms with van der Waals surface area (Å²) in [4.78, 5) is 13.2. The van der Waals surface area contributed by atoms with E-state index in [-0.39, 0.29) is 11.8 Å². The van der Waals surface area contributed by atoms with Crippen molar-refractivity contribution in [1.29, 1.82) is 5.26 Å². The maximum atomic E-state index is 13.2. The molecule has 1 aromatic carbocycles. The molecule has 2 fully saturated rings. The first-order chi connectivity index (χ1) is 12.6. The summed E-state index contributed by atoms with van der Waals surface area (Å²) in [5.74, 6) is 1.27. The topological polar surface area (TPSA) is 58.7 Å². The fraction of sp³-hybridized carbons (Fsp3) is 0.500. The van der Waals surface area contributed by atoms with Crippen LogP contribution in [0.15, 0.2) is 24.3 Å². The van der Waals surface area contributed by atoms with Gasteiger partial charge in [0.25, 0.3) is 0 Å². The van der Waals surface area contributed by atoms with Gasteiger partial charge in [-0.05, 0) is 50.7 Å². The normalized spacial score (nSPS) is 17.2. The van der Waals surface area contributed by atoms with Crippen LogP contribution in [0.2, 0.25) is 0 Å². The van der Waals surface area contributed by atoms with E-state index in [1.54, 1.807) is 0 Å². The highest BCUT2D eigenvalue weighted by atomic mass is 16.1. The Bertz CT molecular complexity index is 862. The number of Topliss-reactive ketones (excluding diaryl/α,β-unsaturated/α-hetero) is 1. The summed E-state index contributed by atoms with van der Waals surface area (Å²) < 4.78 is 1.95. The molecule has 0 amide bonds.